The van der Waals surface area contributed by atoms with Crippen molar-refractivity contribution in [3.05, 3.63) is 77.6 Å². The molecule has 0 aliphatic rings. The normalized spacial score (nSPS) is 10.9. The van der Waals surface area contributed by atoms with Crippen LogP contribution in [0.25, 0.3) is 0 Å². The standard InChI is InChI=1S/C23H29N5O2.HI/c1-4-24-23(25-15-18-10-11-21(29-2)22(14-18)30-3)26-16-19-8-5-6-9-20(19)17-28-13-7-12-27-28;/h5-14H,4,15-17H2,1-3H3,(H2,24,25,26);1H. The molecule has 0 aliphatic carbocycles. The average molecular weight is 535 g/mol. The van der Waals surface area contributed by atoms with E-state index in [0.29, 0.717) is 24.6 Å². The summed E-state index contributed by atoms with van der Waals surface area (Å²) in [6, 6.07) is 16.1. The molecular weight excluding hydrogens is 505 g/mol. The SMILES string of the molecule is CCNC(=NCc1ccc(OC)c(OC)c1)NCc1ccccc1Cn1cccn1.I. The van der Waals surface area contributed by atoms with Crippen LogP contribution in [0, 0.1) is 0 Å². The average Bonchev–Trinajstić information content (AvgIpc) is 3.29. The number of rotatable bonds is 9. The number of aliphatic imine (C=N–C) groups is 1. The lowest BCUT2D eigenvalue weighted by molar-refractivity contribution is 0.354. The Morgan fingerprint density at radius 3 is 2.45 bits per heavy atom. The fourth-order valence-electron chi connectivity index (χ4n) is 3.12. The Balaban J connectivity index is 0.00000341. The van der Waals surface area contributed by atoms with Crippen molar-refractivity contribution in [3.63, 3.8) is 0 Å². The van der Waals surface area contributed by atoms with E-state index in [1.165, 1.54) is 11.1 Å². The Labute approximate surface area is 200 Å². The molecular formula is C23H30IN5O2. The summed E-state index contributed by atoms with van der Waals surface area (Å²) in [5, 5.41) is 11.0. The second kappa shape index (κ2) is 12.8. The van der Waals surface area contributed by atoms with Crippen molar-refractivity contribution < 1.29 is 9.47 Å². The first-order valence-electron chi connectivity index (χ1n) is 10.0. The number of halogens is 1. The summed E-state index contributed by atoms with van der Waals surface area (Å²) in [7, 11) is 3.27. The van der Waals surface area contributed by atoms with Crippen LogP contribution >= 0.6 is 24.0 Å². The second-order valence-electron chi connectivity index (χ2n) is 6.71. The number of hydrogen-bond donors (Lipinski definition) is 2. The summed E-state index contributed by atoms with van der Waals surface area (Å²) in [6.07, 6.45) is 3.77. The highest BCUT2D eigenvalue weighted by atomic mass is 127. The van der Waals surface area contributed by atoms with E-state index in [9.17, 15) is 0 Å². The molecule has 0 fully saturated rings. The maximum absolute atomic E-state index is 5.38. The maximum atomic E-state index is 5.38. The Bertz CT molecular complexity index is 960. The molecule has 0 saturated heterocycles. The minimum Gasteiger partial charge on any atom is -0.493 e. The van der Waals surface area contributed by atoms with Crippen LogP contribution in [0.15, 0.2) is 65.9 Å². The molecule has 0 radical (unpaired) electrons. The highest BCUT2D eigenvalue weighted by Gasteiger charge is 2.06. The summed E-state index contributed by atoms with van der Waals surface area (Å²) in [4.78, 5) is 4.72. The van der Waals surface area contributed by atoms with Gasteiger partial charge >= 0.3 is 0 Å². The zero-order chi connectivity index (χ0) is 21.2. The smallest absolute Gasteiger partial charge is 0.191 e. The van der Waals surface area contributed by atoms with Crippen molar-refractivity contribution in [2.45, 2.75) is 26.6 Å². The first-order valence-corrected chi connectivity index (χ1v) is 10.0. The zero-order valence-corrected chi connectivity index (χ0v) is 20.5. The predicted octanol–water partition coefficient (Wildman–Crippen LogP) is 3.82. The lowest BCUT2D eigenvalue weighted by Crippen LogP contribution is -2.37. The van der Waals surface area contributed by atoms with E-state index in [0.717, 1.165) is 24.6 Å². The van der Waals surface area contributed by atoms with Crippen molar-refractivity contribution in [1.29, 1.82) is 0 Å². The highest BCUT2D eigenvalue weighted by molar-refractivity contribution is 14.0. The molecule has 0 aliphatic heterocycles. The van der Waals surface area contributed by atoms with Gasteiger partial charge in [-0.15, -0.1) is 24.0 Å². The maximum Gasteiger partial charge on any atom is 0.191 e. The van der Waals surface area contributed by atoms with Gasteiger partial charge in [0.05, 0.1) is 27.3 Å². The van der Waals surface area contributed by atoms with Gasteiger partial charge in [0, 0.05) is 25.5 Å². The lowest BCUT2D eigenvalue weighted by Gasteiger charge is -2.14. The van der Waals surface area contributed by atoms with Crippen LogP contribution in [0.2, 0.25) is 0 Å². The number of methoxy groups -OCH3 is 2. The van der Waals surface area contributed by atoms with Crippen LogP contribution in [0.4, 0.5) is 0 Å². The summed E-state index contributed by atoms with van der Waals surface area (Å²) in [5.41, 5.74) is 3.48. The van der Waals surface area contributed by atoms with Gasteiger partial charge in [0.1, 0.15) is 0 Å². The molecule has 0 spiro atoms. The Morgan fingerprint density at radius 1 is 1.00 bits per heavy atom. The van der Waals surface area contributed by atoms with Gasteiger partial charge in [-0.05, 0) is 41.8 Å². The van der Waals surface area contributed by atoms with Crippen molar-refractivity contribution in [2.75, 3.05) is 20.8 Å². The van der Waals surface area contributed by atoms with Gasteiger partial charge in [-0.1, -0.05) is 30.3 Å². The molecule has 31 heavy (non-hydrogen) atoms. The molecule has 0 unspecified atom stereocenters. The van der Waals surface area contributed by atoms with Gasteiger partial charge in [-0.25, -0.2) is 4.99 Å². The van der Waals surface area contributed by atoms with E-state index < -0.39 is 0 Å². The number of nitrogens with one attached hydrogen (secondary N) is 2. The predicted molar refractivity (Wildman–Crippen MR) is 134 cm³/mol. The molecule has 1 heterocycles. The topological polar surface area (TPSA) is 72.7 Å². The largest absolute Gasteiger partial charge is 0.493 e. The first-order chi connectivity index (χ1) is 14.7. The summed E-state index contributed by atoms with van der Waals surface area (Å²) in [5.74, 6) is 2.18. The van der Waals surface area contributed by atoms with Gasteiger partial charge in [0.25, 0.3) is 0 Å². The summed E-state index contributed by atoms with van der Waals surface area (Å²) >= 11 is 0. The highest BCUT2D eigenvalue weighted by Crippen LogP contribution is 2.27. The van der Waals surface area contributed by atoms with E-state index in [-0.39, 0.29) is 24.0 Å². The second-order valence-corrected chi connectivity index (χ2v) is 6.71. The van der Waals surface area contributed by atoms with E-state index in [2.05, 4.69) is 46.9 Å². The molecule has 0 amide bonds. The molecule has 3 rings (SSSR count). The van der Waals surface area contributed by atoms with Crippen molar-refractivity contribution in [3.8, 4) is 11.5 Å². The molecule has 0 atom stereocenters. The van der Waals surface area contributed by atoms with E-state index in [1.54, 1.807) is 20.4 Å². The minimum atomic E-state index is 0. The first kappa shape index (κ1) is 24.5. The Hall–Kier alpha value is -2.75. The molecule has 1 aromatic heterocycles. The molecule has 166 valence electrons. The van der Waals surface area contributed by atoms with Crippen molar-refractivity contribution >= 4 is 29.9 Å². The molecule has 2 aromatic carbocycles. The van der Waals surface area contributed by atoms with Crippen LogP contribution < -0.4 is 20.1 Å². The lowest BCUT2D eigenvalue weighted by atomic mass is 10.1. The minimum absolute atomic E-state index is 0. The molecule has 0 bridgehead atoms. The quantitative estimate of drug-likeness (QED) is 0.248. The van der Waals surface area contributed by atoms with Crippen molar-refractivity contribution in [1.82, 2.24) is 20.4 Å². The number of benzene rings is 2. The summed E-state index contributed by atoms with van der Waals surface area (Å²) in [6.45, 7) is 4.79. The number of guanidine groups is 1. The van der Waals surface area contributed by atoms with E-state index in [1.807, 2.05) is 35.1 Å². The molecule has 3 aromatic rings. The van der Waals surface area contributed by atoms with E-state index >= 15 is 0 Å². The van der Waals surface area contributed by atoms with Gasteiger partial charge in [-0.2, -0.15) is 5.10 Å². The van der Waals surface area contributed by atoms with Gasteiger partial charge in [0.15, 0.2) is 17.5 Å². The number of nitrogens with zero attached hydrogens (tertiary/aromatic N) is 3. The van der Waals surface area contributed by atoms with Gasteiger partial charge in [-0.3, -0.25) is 4.68 Å². The van der Waals surface area contributed by atoms with Crippen molar-refractivity contribution in [2.24, 2.45) is 4.99 Å². The van der Waals surface area contributed by atoms with Crippen LogP contribution in [-0.2, 0) is 19.6 Å². The number of ether oxygens (including phenoxy) is 2. The van der Waals surface area contributed by atoms with Crippen LogP contribution in [-0.4, -0.2) is 36.5 Å². The Morgan fingerprint density at radius 2 is 1.77 bits per heavy atom. The van der Waals surface area contributed by atoms with Crippen LogP contribution in [0.1, 0.15) is 23.6 Å². The Kier molecular flexibility index (Phi) is 10.2. The third kappa shape index (κ3) is 7.16. The summed E-state index contributed by atoms with van der Waals surface area (Å²) < 4.78 is 12.6. The molecule has 2 N–H and O–H groups in total. The fourth-order valence-corrected chi connectivity index (χ4v) is 3.12. The zero-order valence-electron chi connectivity index (χ0n) is 18.2. The van der Waals surface area contributed by atoms with Crippen LogP contribution in [0.3, 0.4) is 0 Å². The fraction of sp³-hybridized carbons (Fsp3) is 0.304. The number of aromatic nitrogens is 2. The third-order valence-corrected chi connectivity index (χ3v) is 4.67. The van der Waals surface area contributed by atoms with E-state index in [4.69, 9.17) is 14.5 Å². The number of hydrogen-bond acceptors (Lipinski definition) is 4. The van der Waals surface area contributed by atoms with Gasteiger partial charge < -0.3 is 20.1 Å². The van der Waals surface area contributed by atoms with Gasteiger partial charge in [0.2, 0.25) is 0 Å². The molecule has 7 nitrogen and oxygen atoms in total. The third-order valence-electron chi connectivity index (χ3n) is 4.67. The monoisotopic (exact) mass is 535 g/mol. The van der Waals surface area contributed by atoms with Crippen LogP contribution in [0.5, 0.6) is 11.5 Å². The molecule has 8 heteroatoms. The molecule has 0 saturated carbocycles.